The second kappa shape index (κ2) is 6.03. The zero-order valence-electron chi connectivity index (χ0n) is 10.7. The SMILES string of the molecule is CCC1CCC(C(O)Cc2cccc(Cl)c2F)C1. The van der Waals surface area contributed by atoms with E-state index in [4.69, 9.17) is 11.6 Å². The van der Waals surface area contributed by atoms with Gasteiger partial charge in [0.15, 0.2) is 0 Å². The van der Waals surface area contributed by atoms with E-state index in [-0.39, 0.29) is 10.8 Å². The highest BCUT2D eigenvalue weighted by Crippen LogP contribution is 2.36. The maximum atomic E-state index is 13.7. The summed E-state index contributed by atoms with van der Waals surface area (Å²) in [7, 11) is 0. The molecular weight excluding hydrogens is 251 g/mol. The predicted molar refractivity (Wildman–Crippen MR) is 72.2 cm³/mol. The molecule has 0 heterocycles. The quantitative estimate of drug-likeness (QED) is 0.869. The Morgan fingerprint density at radius 3 is 2.89 bits per heavy atom. The highest BCUT2D eigenvalue weighted by molar-refractivity contribution is 6.30. The summed E-state index contributed by atoms with van der Waals surface area (Å²) in [5.41, 5.74) is 0.523. The molecule has 3 heteroatoms. The normalized spacial score (nSPS) is 25.3. The van der Waals surface area contributed by atoms with Crippen LogP contribution in [0.4, 0.5) is 4.39 Å². The molecule has 3 unspecified atom stereocenters. The number of hydrogen-bond acceptors (Lipinski definition) is 1. The van der Waals surface area contributed by atoms with Gasteiger partial charge in [0.25, 0.3) is 0 Å². The minimum absolute atomic E-state index is 0.137. The van der Waals surface area contributed by atoms with Crippen molar-refractivity contribution in [2.24, 2.45) is 11.8 Å². The molecule has 3 atom stereocenters. The van der Waals surface area contributed by atoms with E-state index in [0.717, 1.165) is 18.8 Å². The molecule has 1 nitrogen and oxygen atoms in total. The predicted octanol–water partition coefficient (Wildman–Crippen LogP) is 4.21. The summed E-state index contributed by atoms with van der Waals surface area (Å²) in [6.07, 6.45) is 4.41. The Bertz CT molecular complexity index is 407. The summed E-state index contributed by atoms with van der Waals surface area (Å²) < 4.78 is 13.7. The first-order valence-electron chi connectivity index (χ1n) is 6.72. The van der Waals surface area contributed by atoms with Crippen molar-refractivity contribution in [1.82, 2.24) is 0 Å². The topological polar surface area (TPSA) is 20.2 Å². The van der Waals surface area contributed by atoms with Gasteiger partial charge in [-0.15, -0.1) is 0 Å². The van der Waals surface area contributed by atoms with Crippen LogP contribution in [-0.2, 0) is 6.42 Å². The van der Waals surface area contributed by atoms with E-state index < -0.39 is 6.10 Å². The Hall–Kier alpha value is -0.600. The molecule has 1 N–H and O–H groups in total. The number of benzene rings is 1. The molecule has 0 spiro atoms. The van der Waals surface area contributed by atoms with E-state index in [9.17, 15) is 9.50 Å². The van der Waals surface area contributed by atoms with E-state index in [1.165, 1.54) is 18.9 Å². The first-order valence-corrected chi connectivity index (χ1v) is 7.10. The second-order valence-corrected chi connectivity index (χ2v) is 5.74. The third-order valence-corrected chi connectivity index (χ3v) is 4.46. The molecule has 100 valence electrons. The Labute approximate surface area is 113 Å². The van der Waals surface area contributed by atoms with E-state index in [2.05, 4.69) is 6.92 Å². The van der Waals surface area contributed by atoms with Crippen LogP contribution in [0.15, 0.2) is 18.2 Å². The zero-order chi connectivity index (χ0) is 13.1. The number of aliphatic hydroxyl groups is 1. The second-order valence-electron chi connectivity index (χ2n) is 5.33. The van der Waals surface area contributed by atoms with Crippen molar-refractivity contribution in [2.75, 3.05) is 0 Å². The maximum Gasteiger partial charge on any atom is 0.145 e. The van der Waals surface area contributed by atoms with Crippen LogP contribution in [0.1, 0.15) is 38.2 Å². The zero-order valence-corrected chi connectivity index (χ0v) is 11.5. The summed E-state index contributed by atoms with van der Waals surface area (Å²) in [4.78, 5) is 0. The fourth-order valence-electron chi connectivity index (χ4n) is 2.93. The number of rotatable bonds is 4. The van der Waals surface area contributed by atoms with Gasteiger partial charge < -0.3 is 5.11 Å². The van der Waals surface area contributed by atoms with Gasteiger partial charge in [-0.2, -0.15) is 0 Å². The van der Waals surface area contributed by atoms with Crippen molar-refractivity contribution in [2.45, 2.75) is 45.1 Å². The van der Waals surface area contributed by atoms with Crippen molar-refractivity contribution < 1.29 is 9.50 Å². The molecule has 1 aliphatic carbocycles. The Balaban J connectivity index is 1.99. The average molecular weight is 271 g/mol. The van der Waals surface area contributed by atoms with Crippen molar-refractivity contribution in [3.8, 4) is 0 Å². The lowest BCUT2D eigenvalue weighted by atomic mass is 9.93. The van der Waals surface area contributed by atoms with Gasteiger partial charge in [-0.05, 0) is 36.3 Å². The molecule has 0 bridgehead atoms. The molecule has 1 aliphatic rings. The summed E-state index contributed by atoms with van der Waals surface area (Å²) in [5, 5.41) is 10.4. The monoisotopic (exact) mass is 270 g/mol. The van der Waals surface area contributed by atoms with Crippen molar-refractivity contribution >= 4 is 11.6 Å². The molecule has 1 saturated carbocycles. The molecule has 0 aromatic heterocycles. The molecule has 0 amide bonds. The largest absolute Gasteiger partial charge is 0.392 e. The minimum atomic E-state index is -0.450. The van der Waals surface area contributed by atoms with Crippen LogP contribution in [0.25, 0.3) is 0 Å². The standard InChI is InChI=1S/C15H20ClFO/c1-2-10-6-7-11(8-10)14(18)9-12-4-3-5-13(16)15(12)17/h3-5,10-11,14,18H,2,6-9H2,1H3. The van der Waals surface area contributed by atoms with E-state index in [1.807, 2.05) is 0 Å². The molecule has 0 aliphatic heterocycles. The smallest absolute Gasteiger partial charge is 0.145 e. The van der Waals surface area contributed by atoms with Gasteiger partial charge in [0, 0.05) is 6.42 Å². The highest BCUT2D eigenvalue weighted by Gasteiger charge is 2.29. The van der Waals surface area contributed by atoms with Crippen molar-refractivity contribution in [1.29, 1.82) is 0 Å². The summed E-state index contributed by atoms with van der Waals surface area (Å²) >= 11 is 5.75. The van der Waals surface area contributed by atoms with Crippen LogP contribution in [0.5, 0.6) is 0 Å². The number of halogens is 2. The Morgan fingerprint density at radius 1 is 1.44 bits per heavy atom. The number of aliphatic hydroxyl groups excluding tert-OH is 1. The summed E-state index contributed by atoms with van der Waals surface area (Å²) in [6.45, 7) is 2.19. The summed E-state index contributed by atoms with van der Waals surface area (Å²) in [6, 6.07) is 4.98. The molecule has 1 aromatic rings. The molecule has 0 radical (unpaired) electrons. The van der Waals surface area contributed by atoms with Gasteiger partial charge in [-0.1, -0.05) is 43.5 Å². The third-order valence-electron chi connectivity index (χ3n) is 4.16. The van der Waals surface area contributed by atoms with Crippen LogP contribution >= 0.6 is 11.6 Å². The molecule has 18 heavy (non-hydrogen) atoms. The van der Waals surface area contributed by atoms with E-state index in [0.29, 0.717) is 17.9 Å². The van der Waals surface area contributed by atoms with Gasteiger partial charge in [0.1, 0.15) is 5.82 Å². The van der Waals surface area contributed by atoms with Crippen LogP contribution in [0.3, 0.4) is 0 Å². The fourth-order valence-corrected chi connectivity index (χ4v) is 3.13. The van der Waals surface area contributed by atoms with E-state index >= 15 is 0 Å². The first-order chi connectivity index (χ1) is 8.61. The van der Waals surface area contributed by atoms with Gasteiger partial charge in [-0.25, -0.2) is 4.39 Å². The molecule has 0 saturated heterocycles. The molecular formula is C15H20ClFO. The Kier molecular flexibility index (Phi) is 4.63. The van der Waals surface area contributed by atoms with Crippen LogP contribution in [0, 0.1) is 17.7 Å². The molecule has 1 aromatic carbocycles. The summed E-state index contributed by atoms with van der Waals surface area (Å²) in [5.74, 6) is 0.658. The van der Waals surface area contributed by atoms with Gasteiger partial charge in [0.2, 0.25) is 0 Å². The van der Waals surface area contributed by atoms with E-state index in [1.54, 1.807) is 12.1 Å². The lowest BCUT2D eigenvalue weighted by Gasteiger charge is -2.18. The highest BCUT2D eigenvalue weighted by atomic mass is 35.5. The third kappa shape index (κ3) is 3.04. The molecule has 1 fully saturated rings. The lowest BCUT2D eigenvalue weighted by molar-refractivity contribution is 0.107. The minimum Gasteiger partial charge on any atom is -0.392 e. The van der Waals surface area contributed by atoms with Crippen molar-refractivity contribution in [3.05, 3.63) is 34.6 Å². The molecule has 2 rings (SSSR count). The van der Waals surface area contributed by atoms with Crippen LogP contribution < -0.4 is 0 Å². The van der Waals surface area contributed by atoms with Gasteiger partial charge in [-0.3, -0.25) is 0 Å². The van der Waals surface area contributed by atoms with Gasteiger partial charge in [0.05, 0.1) is 11.1 Å². The fraction of sp³-hybridized carbons (Fsp3) is 0.600. The lowest BCUT2D eigenvalue weighted by Crippen LogP contribution is -2.21. The Morgan fingerprint density at radius 2 is 2.22 bits per heavy atom. The first kappa shape index (κ1) is 13.8. The number of hydrogen-bond donors (Lipinski definition) is 1. The van der Waals surface area contributed by atoms with Crippen LogP contribution in [-0.4, -0.2) is 11.2 Å². The average Bonchev–Trinajstić information content (AvgIpc) is 2.83. The van der Waals surface area contributed by atoms with Crippen molar-refractivity contribution in [3.63, 3.8) is 0 Å². The van der Waals surface area contributed by atoms with Crippen LogP contribution in [0.2, 0.25) is 5.02 Å². The maximum absolute atomic E-state index is 13.7. The van der Waals surface area contributed by atoms with Gasteiger partial charge >= 0.3 is 0 Å².